The minimum absolute atomic E-state index is 0.274. The predicted octanol–water partition coefficient (Wildman–Crippen LogP) is 1.46. The topological polar surface area (TPSA) is 81.0 Å². The number of ether oxygens (including phenoxy) is 1. The Morgan fingerprint density at radius 1 is 1.41 bits per heavy atom. The molecule has 0 aliphatic rings. The molecule has 0 saturated heterocycles. The minimum atomic E-state index is -0.387. The van der Waals surface area contributed by atoms with E-state index in [2.05, 4.69) is 10.2 Å². The van der Waals surface area contributed by atoms with Crippen LogP contribution in [0.5, 0.6) is 5.88 Å². The van der Waals surface area contributed by atoms with Crippen LogP contribution in [0, 0.1) is 0 Å². The normalized spacial score (nSPS) is 10.2. The predicted molar refractivity (Wildman–Crippen MR) is 63.2 cm³/mol. The molecule has 17 heavy (non-hydrogen) atoms. The Labute approximate surface area is 98.6 Å². The quantitative estimate of drug-likeness (QED) is 0.783. The largest absolute Gasteiger partial charge is 0.406 e. The van der Waals surface area contributed by atoms with Crippen LogP contribution in [0.25, 0.3) is 11.3 Å². The highest BCUT2D eigenvalue weighted by Gasteiger charge is 2.06. The van der Waals surface area contributed by atoms with Crippen molar-refractivity contribution in [2.45, 2.75) is 13.5 Å². The second-order valence-corrected chi connectivity index (χ2v) is 3.61. The third-order valence-electron chi connectivity index (χ3n) is 2.30. The second-order valence-electron chi connectivity index (χ2n) is 3.61. The molecular weight excluding hydrogens is 218 g/mol. The zero-order chi connectivity index (χ0) is 12.3. The molecule has 0 amide bonds. The van der Waals surface area contributed by atoms with E-state index in [1.54, 1.807) is 6.07 Å². The van der Waals surface area contributed by atoms with Crippen LogP contribution in [0.1, 0.15) is 12.5 Å². The van der Waals surface area contributed by atoms with Crippen molar-refractivity contribution in [1.29, 1.82) is 0 Å². The highest BCUT2D eigenvalue weighted by atomic mass is 16.5. The lowest BCUT2D eigenvalue weighted by Crippen LogP contribution is -2.01. The van der Waals surface area contributed by atoms with Crippen LogP contribution in [0.4, 0.5) is 0 Å². The molecule has 2 aromatic rings. The SMILES string of the molecule is CC(=O)Oc1cc(-c2ccc(CN)cc2)[nH]n1. The van der Waals surface area contributed by atoms with E-state index in [1.807, 2.05) is 24.3 Å². The van der Waals surface area contributed by atoms with Gasteiger partial charge in [0, 0.05) is 19.5 Å². The Morgan fingerprint density at radius 2 is 2.12 bits per heavy atom. The number of esters is 1. The van der Waals surface area contributed by atoms with Gasteiger partial charge in [0.1, 0.15) is 0 Å². The Morgan fingerprint density at radius 3 is 2.71 bits per heavy atom. The summed E-state index contributed by atoms with van der Waals surface area (Å²) in [4.78, 5) is 10.8. The number of nitrogens with zero attached hydrogens (tertiary/aromatic N) is 1. The molecule has 0 atom stereocenters. The van der Waals surface area contributed by atoms with E-state index in [1.165, 1.54) is 6.92 Å². The van der Waals surface area contributed by atoms with Gasteiger partial charge in [0.05, 0.1) is 5.69 Å². The summed E-state index contributed by atoms with van der Waals surface area (Å²) in [7, 11) is 0. The molecule has 5 nitrogen and oxygen atoms in total. The standard InChI is InChI=1S/C12H13N3O2/c1-8(16)17-12-6-11(14-15-12)10-4-2-9(7-13)3-5-10/h2-6H,7,13H2,1H3,(H,14,15). The number of rotatable bonds is 3. The zero-order valence-corrected chi connectivity index (χ0v) is 9.43. The van der Waals surface area contributed by atoms with E-state index in [0.29, 0.717) is 6.54 Å². The van der Waals surface area contributed by atoms with Crippen molar-refractivity contribution >= 4 is 5.97 Å². The van der Waals surface area contributed by atoms with E-state index in [0.717, 1.165) is 16.8 Å². The first kappa shape index (κ1) is 11.3. The fourth-order valence-corrected chi connectivity index (χ4v) is 1.47. The molecule has 88 valence electrons. The lowest BCUT2D eigenvalue weighted by atomic mass is 10.1. The summed E-state index contributed by atoms with van der Waals surface area (Å²) in [5, 5.41) is 6.69. The summed E-state index contributed by atoms with van der Waals surface area (Å²) in [6.45, 7) is 1.85. The number of nitrogens with one attached hydrogen (secondary N) is 1. The highest BCUT2D eigenvalue weighted by molar-refractivity contribution is 5.69. The third kappa shape index (κ3) is 2.70. The van der Waals surface area contributed by atoms with Crippen molar-refractivity contribution in [2.24, 2.45) is 5.73 Å². The number of carbonyl (C=O) groups excluding carboxylic acids is 1. The summed E-state index contributed by atoms with van der Waals surface area (Å²) in [6.07, 6.45) is 0. The van der Waals surface area contributed by atoms with Crippen molar-refractivity contribution < 1.29 is 9.53 Å². The first-order chi connectivity index (χ1) is 8.19. The Balaban J connectivity index is 2.21. The molecule has 5 heteroatoms. The fraction of sp³-hybridized carbons (Fsp3) is 0.167. The lowest BCUT2D eigenvalue weighted by molar-refractivity contribution is -0.132. The first-order valence-corrected chi connectivity index (χ1v) is 5.22. The van der Waals surface area contributed by atoms with Crippen LogP contribution in [0.3, 0.4) is 0 Å². The number of carbonyl (C=O) groups is 1. The van der Waals surface area contributed by atoms with Gasteiger partial charge in [-0.1, -0.05) is 24.3 Å². The van der Waals surface area contributed by atoms with Crippen LogP contribution in [0.15, 0.2) is 30.3 Å². The van der Waals surface area contributed by atoms with Crippen LogP contribution in [-0.4, -0.2) is 16.2 Å². The monoisotopic (exact) mass is 231 g/mol. The molecular formula is C12H13N3O2. The summed E-state index contributed by atoms with van der Waals surface area (Å²) < 4.78 is 4.86. The number of hydrogen-bond acceptors (Lipinski definition) is 4. The van der Waals surface area contributed by atoms with Gasteiger partial charge in [-0.25, -0.2) is 0 Å². The van der Waals surface area contributed by atoms with Gasteiger partial charge in [-0.15, -0.1) is 5.10 Å². The Bertz CT molecular complexity index is 517. The molecule has 0 spiro atoms. The van der Waals surface area contributed by atoms with Gasteiger partial charge in [0.15, 0.2) is 0 Å². The molecule has 1 aromatic carbocycles. The third-order valence-corrected chi connectivity index (χ3v) is 2.30. The van der Waals surface area contributed by atoms with E-state index in [4.69, 9.17) is 10.5 Å². The van der Waals surface area contributed by atoms with Crippen molar-refractivity contribution in [1.82, 2.24) is 10.2 Å². The van der Waals surface area contributed by atoms with Gasteiger partial charge in [0.25, 0.3) is 0 Å². The maximum Gasteiger partial charge on any atom is 0.309 e. The van der Waals surface area contributed by atoms with Crippen molar-refractivity contribution in [3.05, 3.63) is 35.9 Å². The molecule has 3 N–H and O–H groups in total. The van der Waals surface area contributed by atoms with Gasteiger partial charge in [-0.05, 0) is 11.1 Å². The van der Waals surface area contributed by atoms with Crippen LogP contribution < -0.4 is 10.5 Å². The fourth-order valence-electron chi connectivity index (χ4n) is 1.47. The van der Waals surface area contributed by atoms with Crippen LogP contribution in [0.2, 0.25) is 0 Å². The number of nitrogens with two attached hydrogens (primary N) is 1. The molecule has 1 aromatic heterocycles. The summed E-state index contributed by atoms with van der Waals surface area (Å²) >= 11 is 0. The molecule has 0 saturated carbocycles. The zero-order valence-electron chi connectivity index (χ0n) is 9.43. The number of aromatic nitrogens is 2. The second kappa shape index (κ2) is 4.80. The highest BCUT2D eigenvalue weighted by Crippen LogP contribution is 2.21. The Hall–Kier alpha value is -2.14. The summed E-state index contributed by atoms with van der Waals surface area (Å²) in [5.41, 5.74) is 8.35. The molecule has 2 rings (SSSR count). The molecule has 1 heterocycles. The van der Waals surface area contributed by atoms with Crippen molar-refractivity contribution in [3.8, 4) is 17.1 Å². The number of H-pyrrole nitrogens is 1. The van der Waals surface area contributed by atoms with Gasteiger partial charge in [-0.2, -0.15) is 0 Å². The van der Waals surface area contributed by atoms with Crippen molar-refractivity contribution in [3.63, 3.8) is 0 Å². The summed E-state index contributed by atoms with van der Waals surface area (Å²) in [5.74, 6) is -0.114. The van der Waals surface area contributed by atoms with E-state index in [9.17, 15) is 4.79 Å². The van der Waals surface area contributed by atoms with E-state index in [-0.39, 0.29) is 11.8 Å². The number of benzene rings is 1. The maximum absolute atomic E-state index is 10.8. The van der Waals surface area contributed by atoms with Gasteiger partial charge < -0.3 is 10.5 Å². The molecule has 0 radical (unpaired) electrons. The van der Waals surface area contributed by atoms with Crippen LogP contribution in [-0.2, 0) is 11.3 Å². The van der Waals surface area contributed by atoms with Gasteiger partial charge in [-0.3, -0.25) is 9.89 Å². The number of hydrogen-bond donors (Lipinski definition) is 2. The van der Waals surface area contributed by atoms with Gasteiger partial charge in [0.2, 0.25) is 5.88 Å². The van der Waals surface area contributed by atoms with Crippen molar-refractivity contribution in [2.75, 3.05) is 0 Å². The average molecular weight is 231 g/mol. The summed E-state index contributed by atoms with van der Waals surface area (Å²) in [6, 6.07) is 9.45. The molecule has 0 aliphatic heterocycles. The first-order valence-electron chi connectivity index (χ1n) is 5.22. The van der Waals surface area contributed by atoms with E-state index < -0.39 is 0 Å². The molecule has 0 bridgehead atoms. The number of aromatic amines is 1. The molecule has 0 aliphatic carbocycles. The average Bonchev–Trinajstić information content (AvgIpc) is 2.77. The maximum atomic E-state index is 10.8. The smallest absolute Gasteiger partial charge is 0.309 e. The molecule has 0 unspecified atom stereocenters. The van der Waals surface area contributed by atoms with Gasteiger partial charge >= 0.3 is 5.97 Å². The van der Waals surface area contributed by atoms with Crippen LogP contribution >= 0.6 is 0 Å². The Kier molecular flexibility index (Phi) is 3.20. The molecule has 0 fully saturated rings. The minimum Gasteiger partial charge on any atom is -0.406 e. The van der Waals surface area contributed by atoms with E-state index >= 15 is 0 Å². The lowest BCUT2D eigenvalue weighted by Gasteiger charge is -1.99.